The molecule has 11 aromatic carbocycles. The summed E-state index contributed by atoms with van der Waals surface area (Å²) in [6.45, 7) is 0. The molecule has 0 saturated carbocycles. The standard InChI is InChI=1S/C66H46N2Si/c1-7-24-47(25-8-1)59-45-54(69(51-30-13-4-14-31-51,52-32-15-5-16-33-52)53-34-17-6-18-35-53)46-60(48-26-9-2-10-27-48)66(59)68-63-41-22-20-37-57(63)61-44-49(42-43-64(61)68)55-38-23-39-58-56-36-19-21-40-62(56)67(65(55)58)50-28-11-3-12-29-50/h1-46H/i19D,20D,21D,22D,23D,36D,37D,38D,39D,40D,41D,42D,43D,44D. The molecule has 0 fully saturated rings. The fourth-order valence-electron chi connectivity index (χ4n) is 10.3. The summed E-state index contributed by atoms with van der Waals surface area (Å²) in [5.41, 5.74) is 2.42. The molecule has 2 heterocycles. The molecular weight excluding hydrogens is 849 g/mol. The molecule has 0 N–H and O–H groups in total. The molecule has 324 valence electrons. The minimum Gasteiger partial charge on any atom is -0.309 e. The summed E-state index contributed by atoms with van der Waals surface area (Å²) in [7, 11) is -3.37. The minimum absolute atomic E-state index is 0.0721. The van der Waals surface area contributed by atoms with Crippen LogP contribution in [-0.4, -0.2) is 17.2 Å². The van der Waals surface area contributed by atoms with Crippen LogP contribution in [0.5, 0.6) is 0 Å². The Labute approximate surface area is 423 Å². The molecule has 13 rings (SSSR count). The van der Waals surface area contributed by atoms with Gasteiger partial charge in [-0.05, 0) is 73.7 Å². The molecule has 3 heteroatoms. The predicted molar refractivity (Wildman–Crippen MR) is 295 cm³/mol. The van der Waals surface area contributed by atoms with Gasteiger partial charge in [-0.2, -0.15) is 0 Å². The highest BCUT2D eigenvalue weighted by atomic mass is 28.3. The smallest absolute Gasteiger partial charge is 0.179 e. The maximum Gasteiger partial charge on any atom is 0.179 e. The molecule has 13 aromatic rings. The molecule has 0 aliphatic rings. The number of hydrogen-bond donors (Lipinski definition) is 0. The van der Waals surface area contributed by atoms with Crippen molar-refractivity contribution < 1.29 is 19.2 Å². The van der Waals surface area contributed by atoms with Crippen molar-refractivity contribution >= 4 is 72.4 Å². The van der Waals surface area contributed by atoms with Gasteiger partial charge in [-0.15, -0.1) is 0 Å². The molecule has 0 unspecified atom stereocenters. The Morgan fingerprint density at radius 1 is 0.319 bits per heavy atom. The second-order valence-corrected chi connectivity index (χ2v) is 20.7. The van der Waals surface area contributed by atoms with Gasteiger partial charge >= 0.3 is 0 Å². The van der Waals surface area contributed by atoms with Crippen LogP contribution >= 0.6 is 0 Å². The number of fused-ring (bicyclic) bond motifs is 6. The lowest BCUT2D eigenvalue weighted by atomic mass is 9.95. The van der Waals surface area contributed by atoms with E-state index >= 15 is 0 Å². The van der Waals surface area contributed by atoms with Crippen LogP contribution in [0.3, 0.4) is 0 Å². The Kier molecular flexibility index (Phi) is 6.94. The van der Waals surface area contributed by atoms with Crippen LogP contribution in [0.15, 0.2) is 279 Å². The zero-order valence-corrected chi connectivity index (χ0v) is 37.9. The first-order chi connectivity index (χ1) is 40.1. The lowest BCUT2D eigenvalue weighted by Gasteiger charge is -2.36. The van der Waals surface area contributed by atoms with Crippen LogP contribution in [0.25, 0.3) is 88.4 Å². The molecule has 0 atom stereocenters. The molecular formula is C66H46N2Si. The van der Waals surface area contributed by atoms with Crippen LogP contribution < -0.4 is 20.7 Å². The fourth-order valence-corrected chi connectivity index (χ4v) is 15.1. The van der Waals surface area contributed by atoms with E-state index in [9.17, 15) is 16.4 Å². The van der Waals surface area contributed by atoms with Gasteiger partial charge in [0.2, 0.25) is 0 Å². The van der Waals surface area contributed by atoms with E-state index in [0.29, 0.717) is 22.5 Å². The van der Waals surface area contributed by atoms with Crippen molar-refractivity contribution in [1.29, 1.82) is 0 Å². The third-order valence-corrected chi connectivity index (χ3v) is 17.9. The summed E-state index contributed by atoms with van der Waals surface area (Å²) in [4.78, 5) is 0. The Morgan fingerprint density at radius 3 is 1.29 bits per heavy atom. The zero-order chi connectivity index (χ0) is 57.9. The number of rotatable bonds is 9. The average molecular weight is 909 g/mol. The molecule has 0 radical (unpaired) electrons. The van der Waals surface area contributed by atoms with Crippen molar-refractivity contribution in [2.45, 2.75) is 0 Å². The highest BCUT2D eigenvalue weighted by Gasteiger charge is 2.42. The second kappa shape index (κ2) is 16.8. The van der Waals surface area contributed by atoms with Crippen LogP contribution in [0, 0.1) is 0 Å². The van der Waals surface area contributed by atoms with Crippen LogP contribution in [0.4, 0.5) is 0 Å². The van der Waals surface area contributed by atoms with E-state index in [1.54, 1.807) is 34.9 Å². The van der Waals surface area contributed by atoms with Crippen LogP contribution in [0.1, 0.15) is 19.2 Å². The summed E-state index contributed by atoms with van der Waals surface area (Å²) < 4.78 is 137. The third-order valence-electron chi connectivity index (χ3n) is 13.2. The van der Waals surface area contributed by atoms with Gasteiger partial charge in [0.05, 0.1) is 46.9 Å². The van der Waals surface area contributed by atoms with Gasteiger partial charge in [0, 0.05) is 43.9 Å². The third kappa shape index (κ3) is 6.54. The zero-order valence-electron chi connectivity index (χ0n) is 50.9. The predicted octanol–water partition coefficient (Wildman–Crippen LogP) is 14.3. The fraction of sp³-hybridized carbons (Fsp3) is 0. The molecule has 2 aromatic heterocycles. The van der Waals surface area contributed by atoms with Crippen molar-refractivity contribution in [2.75, 3.05) is 0 Å². The molecule has 0 saturated heterocycles. The van der Waals surface area contributed by atoms with Gasteiger partial charge in [-0.25, -0.2) is 0 Å². The molecule has 0 amide bonds. The maximum absolute atomic E-state index is 10.6. The maximum atomic E-state index is 10.6. The first-order valence-electron chi connectivity index (χ1n) is 29.7. The summed E-state index contributed by atoms with van der Waals surface area (Å²) in [5.74, 6) is 0. The largest absolute Gasteiger partial charge is 0.309 e. The lowest BCUT2D eigenvalue weighted by molar-refractivity contribution is 1.18. The highest BCUT2D eigenvalue weighted by molar-refractivity contribution is 7.20. The number of hydrogen-bond acceptors (Lipinski definition) is 0. The van der Waals surface area contributed by atoms with Gasteiger partial charge in [-0.3, -0.25) is 0 Å². The van der Waals surface area contributed by atoms with Crippen molar-refractivity contribution in [2.24, 2.45) is 0 Å². The normalized spacial score (nSPS) is 14.6. The van der Waals surface area contributed by atoms with E-state index in [-0.39, 0.29) is 54.7 Å². The van der Waals surface area contributed by atoms with E-state index in [1.165, 1.54) is 4.57 Å². The topological polar surface area (TPSA) is 9.86 Å². The van der Waals surface area contributed by atoms with Gasteiger partial charge in [0.1, 0.15) is 0 Å². The molecule has 0 aliphatic carbocycles. The Morgan fingerprint density at radius 2 is 0.754 bits per heavy atom. The summed E-state index contributed by atoms with van der Waals surface area (Å²) >= 11 is 0. The Balaban J connectivity index is 1.26. The first kappa shape index (κ1) is 28.4. The number of para-hydroxylation sites is 4. The van der Waals surface area contributed by atoms with Crippen molar-refractivity contribution in [3.63, 3.8) is 0 Å². The van der Waals surface area contributed by atoms with Crippen molar-refractivity contribution in [1.82, 2.24) is 9.13 Å². The average Bonchev–Trinajstić information content (AvgIpc) is 2.29. The van der Waals surface area contributed by atoms with Gasteiger partial charge in [-0.1, -0.05) is 242 Å². The van der Waals surface area contributed by atoms with Gasteiger partial charge < -0.3 is 9.13 Å². The van der Waals surface area contributed by atoms with Gasteiger partial charge in [0.15, 0.2) is 8.07 Å². The van der Waals surface area contributed by atoms with Crippen molar-refractivity contribution in [3.05, 3.63) is 279 Å². The molecule has 69 heavy (non-hydrogen) atoms. The molecule has 0 spiro atoms. The van der Waals surface area contributed by atoms with Crippen LogP contribution in [-0.2, 0) is 0 Å². The number of benzene rings is 11. The van der Waals surface area contributed by atoms with E-state index in [0.717, 1.165) is 31.9 Å². The summed E-state index contributed by atoms with van der Waals surface area (Å²) in [6, 6.07) is 55.5. The Hall–Kier alpha value is -8.76. The van der Waals surface area contributed by atoms with Crippen LogP contribution in [0.2, 0.25) is 0 Å². The lowest BCUT2D eigenvalue weighted by Crippen LogP contribution is -2.74. The molecule has 0 aliphatic heterocycles. The Bertz CT molecular complexity index is 4650. The minimum atomic E-state index is -3.37. The first-order valence-corrected chi connectivity index (χ1v) is 24.7. The van der Waals surface area contributed by atoms with Gasteiger partial charge in [0.25, 0.3) is 0 Å². The quantitative estimate of drug-likeness (QED) is 0.101. The molecule has 0 bridgehead atoms. The number of aromatic nitrogens is 2. The summed E-state index contributed by atoms with van der Waals surface area (Å²) in [5, 5.41) is 3.71. The van der Waals surface area contributed by atoms with E-state index in [4.69, 9.17) is 2.74 Å². The van der Waals surface area contributed by atoms with E-state index in [1.807, 2.05) is 115 Å². The second-order valence-electron chi connectivity index (χ2n) is 16.9. The van der Waals surface area contributed by atoms with E-state index < -0.39 is 92.7 Å². The van der Waals surface area contributed by atoms with E-state index in [2.05, 4.69) is 48.5 Å². The number of nitrogens with zero attached hydrogens (tertiary/aromatic N) is 2. The summed E-state index contributed by atoms with van der Waals surface area (Å²) in [6.07, 6.45) is 0. The monoisotopic (exact) mass is 908 g/mol. The van der Waals surface area contributed by atoms with Crippen molar-refractivity contribution in [3.8, 4) is 44.8 Å². The highest BCUT2D eigenvalue weighted by Crippen LogP contribution is 2.44. The molecule has 2 nitrogen and oxygen atoms in total. The SMILES string of the molecule is [2H]c1c([2H])c([2H])c2c(c1[2H])c1c([2H])c([2H])c([2H])c(-c3c([2H])c([2H])c4c(c3[2H])c3c([2H])c([2H])c([2H])c([2H])c3n4-c3c(-c4ccccc4)cc([Si](c4ccccc4)(c4ccccc4)c4ccccc4)cc3-c3ccccc3)c1n2-c1ccccc1.